The minimum atomic E-state index is -0.766. The van der Waals surface area contributed by atoms with Crippen LogP contribution in [0.1, 0.15) is 23.2 Å². The van der Waals surface area contributed by atoms with Gasteiger partial charge in [0.25, 0.3) is 5.91 Å². The molecule has 0 aliphatic carbocycles. The summed E-state index contributed by atoms with van der Waals surface area (Å²) >= 11 is 0. The summed E-state index contributed by atoms with van der Waals surface area (Å²) in [5.41, 5.74) is 0.403. The minimum Gasteiger partial charge on any atom is -0.506 e. The molecule has 1 aromatic heterocycles. The normalized spacial score (nSPS) is 20.6. The topological polar surface area (TPSA) is 99.6 Å². The number of carbonyl (C=O) groups excluding carboxylic acids is 3. The van der Waals surface area contributed by atoms with Crippen molar-refractivity contribution in [2.45, 2.75) is 18.9 Å². The van der Waals surface area contributed by atoms with Crippen molar-refractivity contribution in [2.75, 3.05) is 4.90 Å². The van der Waals surface area contributed by atoms with E-state index >= 15 is 0 Å². The second-order valence-corrected chi connectivity index (χ2v) is 5.34. The van der Waals surface area contributed by atoms with E-state index in [0.717, 1.165) is 0 Å². The molecule has 3 heterocycles. The Bertz CT molecular complexity index is 861. The second kappa shape index (κ2) is 4.27. The number of rotatable bonds is 1. The summed E-state index contributed by atoms with van der Waals surface area (Å²) < 4.78 is 0. The number of hydrogen-bond acceptors (Lipinski definition) is 5. The molecule has 2 aliphatic rings. The van der Waals surface area contributed by atoms with Gasteiger partial charge in [-0.05, 0) is 12.5 Å². The lowest BCUT2D eigenvalue weighted by molar-refractivity contribution is -0.134. The van der Waals surface area contributed by atoms with Crippen LogP contribution in [0.2, 0.25) is 0 Å². The van der Waals surface area contributed by atoms with Gasteiger partial charge in [-0.3, -0.25) is 24.6 Å². The molecule has 3 amide bonds. The number of nitrogens with one attached hydrogen (secondary N) is 1. The van der Waals surface area contributed by atoms with E-state index in [9.17, 15) is 19.5 Å². The third-order valence-corrected chi connectivity index (χ3v) is 4.07. The van der Waals surface area contributed by atoms with Gasteiger partial charge in [-0.1, -0.05) is 12.1 Å². The molecule has 2 aliphatic heterocycles. The van der Waals surface area contributed by atoms with Crippen molar-refractivity contribution in [1.29, 1.82) is 0 Å². The van der Waals surface area contributed by atoms with Gasteiger partial charge in [0.1, 0.15) is 17.6 Å². The summed E-state index contributed by atoms with van der Waals surface area (Å²) in [6.45, 7) is 0. The zero-order valence-electron chi connectivity index (χ0n) is 11.4. The predicted molar refractivity (Wildman–Crippen MR) is 76.4 cm³/mol. The third kappa shape index (κ3) is 1.56. The van der Waals surface area contributed by atoms with Crippen LogP contribution in [-0.2, 0) is 9.59 Å². The Balaban J connectivity index is 1.89. The fourth-order valence-corrected chi connectivity index (χ4v) is 3.07. The standard InChI is InChI=1S/C15H11N3O4/c19-10-6-16-13-12-7(10)2-1-3-8(12)15(22)18(13)9-4-5-11(20)17-14(9)21/h1-3,6,9,19H,4-5H2,(H,17,20,21). The van der Waals surface area contributed by atoms with Crippen LogP contribution >= 0.6 is 0 Å². The number of pyridine rings is 1. The van der Waals surface area contributed by atoms with Crippen LogP contribution in [0.4, 0.5) is 5.82 Å². The maximum absolute atomic E-state index is 12.7. The van der Waals surface area contributed by atoms with Crippen LogP contribution in [0.25, 0.3) is 10.8 Å². The molecule has 7 heteroatoms. The molecule has 1 saturated heterocycles. The van der Waals surface area contributed by atoms with Crippen LogP contribution in [0.5, 0.6) is 5.75 Å². The first-order valence-corrected chi connectivity index (χ1v) is 6.86. The quantitative estimate of drug-likeness (QED) is 0.755. The summed E-state index contributed by atoms with van der Waals surface area (Å²) in [4.78, 5) is 41.5. The van der Waals surface area contributed by atoms with E-state index in [1.54, 1.807) is 18.2 Å². The van der Waals surface area contributed by atoms with Gasteiger partial charge in [0.15, 0.2) is 0 Å². The molecule has 0 bridgehead atoms. The highest BCUT2D eigenvalue weighted by molar-refractivity contribution is 6.26. The van der Waals surface area contributed by atoms with Gasteiger partial charge in [0.2, 0.25) is 11.8 Å². The van der Waals surface area contributed by atoms with Crippen LogP contribution in [0.3, 0.4) is 0 Å². The minimum absolute atomic E-state index is 0.0153. The number of aromatic hydroxyl groups is 1. The molecule has 1 fully saturated rings. The Hall–Kier alpha value is -2.96. The average molecular weight is 297 g/mol. The number of hydrogen-bond donors (Lipinski definition) is 2. The van der Waals surface area contributed by atoms with Gasteiger partial charge in [0.05, 0.1) is 11.8 Å². The van der Waals surface area contributed by atoms with E-state index in [0.29, 0.717) is 22.2 Å². The van der Waals surface area contributed by atoms with E-state index in [1.165, 1.54) is 11.1 Å². The van der Waals surface area contributed by atoms with Crippen LogP contribution in [-0.4, -0.2) is 33.9 Å². The number of benzene rings is 1. The van der Waals surface area contributed by atoms with Crippen LogP contribution in [0, 0.1) is 0 Å². The number of amides is 3. The molecule has 2 aromatic rings. The van der Waals surface area contributed by atoms with Gasteiger partial charge in [0, 0.05) is 17.2 Å². The average Bonchev–Trinajstić information content (AvgIpc) is 2.78. The highest BCUT2D eigenvalue weighted by Crippen LogP contribution is 2.40. The molecule has 1 aromatic carbocycles. The maximum Gasteiger partial charge on any atom is 0.260 e. The predicted octanol–water partition coefficient (Wildman–Crippen LogP) is 0.706. The van der Waals surface area contributed by atoms with E-state index in [1.807, 2.05) is 0 Å². The van der Waals surface area contributed by atoms with Gasteiger partial charge < -0.3 is 5.11 Å². The van der Waals surface area contributed by atoms with Crippen molar-refractivity contribution < 1.29 is 19.5 Å². The molecular weight excluding hydrogens is 286 g/mol. The van der Waals surface area contributed by atoms with E-state index in [4.69, 9.17) is 0 Å². The Morgan fingerprint density at radius 2 is 2.09 bits per heavy atom. The summed E-state index contributed by atoms with van der Waals surface area (Å²) in [6.07, 6.45) is 1.70. The van der Waals surface area contributed by atoms with E-state index in [2.05, 4.69) is 10.3 Å². The van der Waals surface area contributed by atoms with Gasteiger partial charge in [-0.25, -0.2) is 4.98 Å². The summed E-state index contributed by atoms with van der Waals surface area (Å²) in [6, 6.07) is 4.24. The summed E-state index contributed by atoms with van der Waals surface area (Å²) in [7, 11) is 0. The molecule has 110 valence electrons. The molecule has 0 saturated carbocycles. The zero-order chi connectivity index (χ0) is 15.4. The molecular formula is C15H11N3O4. The largest absolute Gasteiger partial charge is 0.506 e. The molecule has 22 heavy (non-hydrogen) atoms. The number of imide groups is 1. The van der Waals surface area contributed by atoms with Crippen molar-refractivity contribution >= 4 is 34.3 Å². The van der Waals surface area contributed by atoms with Crippen molar-refractivity contribution in [3.8, 4) is 5.75 Å². The van der Waals surface area contributed by atoms with Crippen LogP contribution in [0.15, 0.2) is 24.4 Å². The third-order valence-electron chi connectivity index (χ3n) is 4.07. The molecule has 7 nitrogen and oxygen atoms in total. The molecule has 2 N–H and O–H groups in total. The van der Waals surface area contributed by atoms with Crippen molar-refractivity contribution in [2.24, 2.45) is 0 Å². The molecule has 4 rings (SSSR count). The number of nitrogens with zero attached hydrogens (tertiary/aromatic N) is 2. The Morgan fingerprint density at radius 1 is 1.27 bits per heavy atom. The fourth-order valence-electron chi connectivity index (χ4n) is 3.07. The fraction of sp³-hybridized carbons (Fsp3) is 0.200. The second-order valence-electron chi connectivity index (χ2n) is 5.34. The first-order chi connectivity index (χ1) is 10.6. The highest BCUT2D eigenvalue weighted by atomic mass is 16.3. The molecule has 0 radical (unpaired) electrons. The van der Waals surface area contributed by atoms with Crippen molar-refractivity contribution in [3.05, 3.63) is 30.0 Å². The number of piperidine rings is 1. The Kier molecular flexibility index (Phi) is 2.47. The molecule has 1 atom stereocenters. The number of carbonyl (C=O) groups is 3. The van der Waals surface area contributed by atoms with E-state index < -0.39 is 11.9 Å². The molecule has 0 spiro atoms. The SMILES string of the molecule is O=C1CCC(N2C(=O)c3cccc4c(O)cnc2c34)C(=O)N1. The lowest BCUT2D eigenvalue weighted by atomic mass is 10.0. The zero-order valence-corrected chi connectivity index (χ0v) is 11.4. The Morgan fingerprint density at radius 3 is 2.86 bits per heavy atom. The maximum atomic E-state index is 12.7. The van der Waals surface area contributed by atoms with Crippen molar-refractivity contribution in [3.63, 3.8) is 0 Å². The first-order valence-electron chi connectivity index (χ1n) is 6.86. The van der Waals surface area contributed by atoms with Gasteiger partial charge in [-0.2, -0.15) is 0 Å². The molecule has 1 unspecified atom stereocenters. The van der Waals surface area contributed by atoms with Gasteiger partial charge >= 0.3 is 0 Å². The number of anilines is 1. The van der Waals surface area contributed by atoms with E-state index in [-0.39, 0.29) is 30.4 Å². The van der Waals surface area contributed by atoms with Crippen molar-refractivity contribution in [1.82, 2.24) is 10.3 Å². The van der Waals surface area contributed by atoms with Gasteiger partial charge in [-0.15, -0.1) is 0 Å². The smallest absolute Gasteiger partial charge is 0.260 e. The van der Waals surface area contributed by atoms with Crippen LogP contribution < -0.4 is 10.2 Å². The monoisotopic (exact) mass is 297 g/mol. The lowest BCUT2D eigenvalue weighted by Gasteiger charge is -2.29. The summed E-state index contributed by atoms with van der Waals surface area (Å²) in [5, 5.41) is 13.2. The summed E-state index contributed by atoms with van der Waals surface area (Å²) in [5.74, 6) is -0.843. The highest BCUT2D eigenvalue weighted by Gasteiger charge is 2.41. The first kappa shape index (κ1) is 12.8. The Labute approximate surface area is 124 Å². The number of aromatic nitrogens is 1. The lowest BCUT2D eigenvalue weighted by Crippen LogP contribution is -2.53.